The van der Waals surface area contributed by atoms with E-state index in [1.54, 1.807) is 0 Å². The number of piperazine rings is 1. The van der Waals surface area contributed by atoms with E-state index in [0.717, 1.165) is 42.8 Å². The van der Waals surface area contributed by atoms with Crippen molar-refractivity contribution in [3.8, 4) is 5.75 Å². The Labute approximate surface area is 161 Å². The van der Waals surface area contributed by atoms with Crippen LogP contribution in [0.3, 0.4) is 0 Å². The van der Waals surface area contributed by atoms with Crippen LogP contribution in [-0.4, -0.2) is 37.7 Å². The molecule has 0 radical (unpaired) electrons. The van der Waals surface area contributed by atoms with Crippen molar-refractivity contribution in [3.05, 3.63) is 28.2 Å². The Morgan fingerprint density at radius 2 is 1.87 bits per heavy atom. The summed E-state index contributed by atoms with van der Waals surface area (Å²) in [6.07, 6.45) is 1.16. The molecule has 0 aromatic heterocycles. The topological polar surface area (TPSA) is 24.5 Å². The van der Waals surface area contributed by atoms with Gasteiger partial charge in [-0.15, -0.1) is 24.8 Å². The first-order chi connectivity index (χ1) is 10.1. The third-order valence-corrected chi connectivity index (χ3v) is 4.41. The molecule has 1 aliphatic rings. The molecular formula is C17H29BrCl2N2O. The van der Waals surface area contributed by atoms with Crippen LogP contribution in [0.15, 0.2) is 22.7 Å². The first kappa shape index (κ1) is 23.0. The highest BCUT2D eigenvalue weighted by molar-refractivity contribution is 9.10. The molecule has 1 aromatic rings. The van der Waals surface area contributed by atoms with Gasteiger partial charge in [-0.3, -0.25) is 4.90 Å². The van der Waals surface area contributed by atoms with Crippen molar-refractivity contribution in [2.75, 3.05) is 32.8 Å². The van der Waals surface area contributed by atoms with Crippen molar-refractivity contribution in [2.24, 2.45) is 5.92 Å². The van der Waals surface area contributed by atoms with Gasteiger partial charge in [0.2, 0.25) is 0 Å². The van der Waals surface area contributed by atoms with Crippen LogP contribution in [0.2, 0.25) is 0 Å². The van der Waals surface area contributed by atoms with Crippen molar-refractivity contribution >= 4 is 40.7 Å². The first-order valence-electron chi connectivity index (χ1n) is 7.98. The highest BCUT2D eigenvalue weighted by Gasteiger charge is 2.25. The lowest BCUT2D eigenvalue weighted by Crippen LogP contribution is -2.45. The van der Waals surface area contributed by atoms with Gasteiger partial charge in [0.05, 0.1) is 6.61 Å². The zero-order valence-electron chi connectivity index (χ0n) is 14.2. The average Bonchev–Trinajstić information content (AvgIpc) is 2.48. The fraction of sp³-hybridized carbons (Fsp3) is 0.647. The minimum absolute atomic E-state index is 0. The zero-order chi connectivity index (χ0) is 15.2. The SMILES string of the molecule is CCOc1ccc(Br)cc1[C@H](CC(C)C)N1CCNCC1.Cl.Cl. The maximum atomic E-state index is 5.88. The summed E-state index contributed by atoms with van der Waals surface area (Å²) in [6.45, 7) is 11.7. The van der Waals surface area contributed by atoms with E-state index in [0.29, 0.717) is 18.6 Å². The molecule has 1 saturated heterocycles. The number of hydrogen-bond donors (Lipinski definition) is 1. The number of nitrogens with one attached hydrogen (secondary N) is 1. The van der Waals surface area contributed by atoms with Crippen molar-refractivity contribution in [1.82, 2.24) is 10.2 Å². The van der Waals surface area contributed by atoms with Crippen LogP contribution >= 0.6 is 40.7 Å². The van der Waals surface area contributed by atoms with Gasteiger partial charge >= 0.3 is 0 Å². The third kappa shape index (κ3) is 6.79. The molecule has 1 atom stereocenters. The predicted molar refractivity (Wildman–Crippen MR) is 106 cm³/mol. The Kier molecular flexibility index (Phi) is 11.5. The molecule has 1 N–H and O–H groups in total. The largest absolute Gasteiger partial charge is 0.494 e. The summed E-state index contributed by atoms with van der Waals surface area (Å²) in [5.41, 5.74) is 1.32. The summed E-state index contributed by atoms with van der Waals surface area (Å²) in [4.78, 5) is 2.60. The van der Waals surface area contributed by atoms with Crippen molar-refractivity contribution < 1.29 is 4.74 Å². The Morgan fingerprint density at radius 1 is 1.22 bits per heavy atom. The lowest BCUT2D eigenvalue weighted by molar-refractivity contribution is 0.150. The first-order valence-corrected chi connectivity index (χ1v) is 8.78. The second kappa shape index (κ2) is 11.5. The second-order valence-corrected chi connectivity index (χ2v) is 6.96. The van der Waals surface area contributed by atoms with Crippen LogP contribution in [0, 0.1) is 5.92 Å². The van der Waals surface area contributed by atoms with Gasteiger partial charge in [0.1, 0.15) is 5.75 Å². The fourth-order valence-corrected chi connectivity index (χ4v) is 3.36. The van der Waals surface area contributed by atoms with E-state index in [1.165, 1.54) is 5.56 Å². The van der Waals surface area contributed by atoms with Crippen molar-refractivity contribution in [1.29, 1.82) is 0 Å². The maximum Gasteiger partial charge on any atom is 0.124 e. The highest BCUT2D eigenvalue weighted by atomic mass is 79.9. The lowest BCUT2D eigenvalue weighted by atomic mass is 9.94. The van der Waals surface area contributed by atoms with Gasteiger partial charge in [-0.25, -0.2) is 0 Å². The summed E-state index contributed by atoms with van der Waals surface area (Å²) in [5.74, 6) is 1.70. The third-order valence-electron chi connectivity index (χ3n) is 3.92. The Morgan fingerprint density at radius 3 is 2.43 bits per heavy atom. The molecule has 6 heteroatoms. The summed E-state index contributed by atoms with van der Waals surface area (Å²) in [5, 5.41) is 3.44. The van der Waals surface area contributed by atoms with Crippen LogP contribution in [-0.2, 0) is 0 Å². The molecule has 1 fully saturated rings. The van der Waals surface area contributed by atoms with Crippen LogP contribution in [0.5, 0.6) is 5.75 Å². The number of ether oxygens (including phenoxy) is 1. The van der Waals surface area contributed by atoms with E-state index in [-0.39, 0.29) is 24.8 Å². The molecule has 0 bridgehead atoms. The maximum absolute atomic E-state index is 5.88. The molecule has 0 aliphatic carbocycles. The molecular weight excluding hydrogens is 399 g/mol. The van der Waals surface area contributed by atoms with Gasteiger partial charge in [-0.1, -0.05) is 29.8 Å². The van der Waals surface area contributed by atoms with E-state index in [4.69, 9.17) is 4.74 Å². The molecule has 1 aliphatic heterocycles. The van der Waals surface area contributed by atoms with Crippen molar-refractivity contribution in [2.45, 2.75) is 33.2 Å². The average molecular weight is 428 g/mol. The standard InChI is InChI=1S/C17H27BrN2O.2ClH/c1-4-21-17-6-5-14(18)12-15(17)16(11-13(2)3)20-9-7-19-8-10-20;;/h5-6,12-13,16,19H,4,7-11H2,1-3H3;2*1H/t16-;;/m0../s1. The second-order valence-electron chi connectivity index (χ2n) is 6.05. The van der Waals surface area contributed by atoms with E-state index in [9.17, 15) is 0 Å². The van der Waals surface area contributed by atoms with E-state index >= 15 is 0 Å². The number of benzene rings is 1. The number of halogens is 3. The summed E-state index contributed by atoms with van der Waals surface area (Å²) in [7, 11) is 0. The smallest absolute Gasteiger partial charge is 0.124 e. The van der Waals surface area contributed by atoms with Gasteiger partial charge in [0.15, 0.2) is 0 Å². The van der Waals surface area contributed by atoms with Crippen LogP contribution in [0.25, 0.3) is 0 Å². The normalized spacial score (nSPS) is 16.4. The van der Waals surface area contributed by atoms with Crippen LogP contribution < -0.4 is 10.1 Å². The van der Waals surface area contributed by atoms with Crippen LogP contribution in [0.1, 0.15) is 38.8 Å². The van der Waals surface area contributed by atoms with E-state index < -0.39 is 0 Å². The molecule has 2 rings (SSSR count). The molecule has 0 amide bonds. The monoisotopic (exact) mass is 426 g/mol. The molecule has 23 heavy (non-hydrogen) atoms. The highest BCUT2D eigenvalue weighted by Crippen LogP contribution is 2.36. The zero-order valence-corrected chi connectivity index (χ0v) is 17.4. The minimum Gasteiger partial charge on any atom is -0.494 e. The fourth-order valence-electron chi connectivity index (χ4n) is 2.98. The van der Waals surface area contributed by atoms with E-state index in [2.05, 4.69) is 58.2 Å². The Balaban J connectivity index is 0.00000242. The number of nitrogens with zero attached hydrogens (tertiary/aromatic N) is 1. The van der Waals surface area contributed by atoms with Gasteiger partial charge < -0.3 is 10.1 Å². The van der Waals surface area contributed by atoms with Gasteiger partial charge in [-0.2, -0.15) is 0 Å². The van der Waals surface area contributed by atoms with Crippen LogP contribution in [0.4, 0.5) is 0 Å². The molecule has 0 unspecified atom stereocenters. The Bertz CT molecular complexity index is 454. The molecule has 134 valence electrons. The molecule has 1 heterocycles. The summed E-state index contributed by atoms with van der Waals surface area (Å²) >= 11 is 3.62. The summed E-state index contributed by atoms with van der Waals surface area (Å²) in [6, 6.07) is 6.84. The number of hydrogen-bond acceptors (Lipinski definition) is 3. The van der Waals surface area contributed by atoms with Gasteiger partial charge in [0, 0.05) is 42.3 Å². The van der Waals surface area contributed by atoms with Gasteiger partial charge in [0.25, 0.3) is 0 Å². The van der Waals surface area contributed by atoms with E-state index in [1.807, 2.05) is 6.92 Å². The lowest BCUT2D eigenvalue weighted by Gasteiger charge is -2.37. The summed E-state index contributed by atoms with van der Waals surface area (Å²) < 4.78 is 7.01. The van der Waals surface area contributed by atoms with Crippen molar-refractivity contribution in [3.63, 3.8) is 0 Å². The molecule has 0 saturated carbocycles. The minimum atomic E-state index is 0. The quantitative estimate of drug-likeness (QED) is 0.712. The predicted octanol–water partition coefficient (Wildman–Crippen LogP) is 4.68. The Hall–Kier alpha value is -0.000000000000000222. The molecule has 3 nitrogen and oxygen atoms in total. The molecule has 0 spiro atoms. The number of rotatable bonds is 6. The molecule has 1 aromatic carbocycles. The van der Waals surface area contributed by atoms with Gasteiger partial charge in [-0.05, 0) is 37.5 Å².